The highest BCUT2D eigenvalue weighted by Gasteiger charge is 2.45. The molecule has 3 heterocycles. The number of fused-ring (bicyclic) bond motifs is 1. The Morgan fingerprint density at radius 1 is 1.21 bits per heavy atom. The van der Waals surface area contributed by atoms with Crippen molar-refractivity contribution in [1.82, 2.24) is 20.0 Å². The lowest BCUT2D eigenvalue weighted by molar-refractivity contribution is -0.136. The zero-order valence-corrected chi connectivity index (χ0v) is 15.6. The number of amides is 4. The normalized spacial score (nSPS) is 18.6. The molecule has 146 valence electrons. The number of rotatable bonds is 5. The van der Waals surface area contributed by atoms with Crippen LogP contribution in [0.5, 0.6) is 0 Å². The number of nitrogens with zero attached hydrogens (tertiary/aromatic N) is 3. The first-order valence-corrected chi connectivity index (χ1v) is 9.32. The summed E-state index contributed by atoms with van der Waals surface area (Å²) in [6.45, 7) is 0.615. The van der Waals surface area contributed by atoms with Gasteiger partial charge in [0.1, 0.15) is 6.04 Å². The van der Waals surface area contributed by atoms with Gasteiger partial charge in [0.2, 0.25) is 11.8 Å². The molecule has 1 unspecified atom stereocenters. The quantitative estimate of drug-likeness (QED) is 0.604. The molecule has 4 amide bonds. The number of hydrogen-bond acceptors (Lipinski definition) is 5. The molecule has 29 heavy (non-hydrogen) atoms. The SMILES string of the molecule is C#Cc1cnn(CCCc2cccc3c2C(=O)N(C2CCC(=O)NC2=O)C3=O)c1. The van der Waals surface area contributed by atoms with Crippen LogP contribution < -0.4 is 5.32 Å². The second-order valence-electron chi connectivity index (χ2n) is 7.03. The van der Waals surface area contributed by atoms with Crippen LogP contribution in [-0.2, 0) is 22.6 Å². The van der Waals surface area contributed by atoms with Crippen LogP contribution in [0.2, 0.25) is 0 Å². The molecule has 1 atom stereocenters. The van der Waals surface area contributed by atoms with Gasteiger partial charge in [-0.15, -0.1) is 6.42 Å². The lowest BCUT2D eigenvalue weighted by atomic mass is 9.99. The molecule has 8 heteroatoms. The highest BCUT2D eigenvalue weighted by Crippen LogP contribution is 2.30. The number of piperidine rings is 1. The minimum Gasteiger partial charge on any atom is -0.295 e. The summed E-state index contributed by atoms with van der Waals surface area (Å²) in [4.78, 5) is 50.4. The number of terminal acetylenes is 1. The standard InChI is InChI=1S/C21H18N4O4/c1-2-13-11-22-24(12-13)10-4-6-14-5-3-7-15-18(14)21(29)25(20(15)28)16-8-9-17(26)23-19(16)27/h1,3,5,7,11-12,16H,4,6,8-10H2,(H,23,26,27). The molecule has 2 aliphatic heterocycles. The Morgan fingerprint density at radius 2 is 2.03 bits per heavy atom. The molecule has 1 aromatic carbocycles. The third-order valence-electron chi connectivity index (χ3n) is 5.19. The Morgan fingerprint density at radius 3 is 2.76 bits per heavy atom. The third kappa shape index (κ3) is 3.31. The first-order chi connectivity index (χ1) is 14.0. The molecule has 1 saturated heterocycles. The van der Waals surface area contributed by atoms with Gasteiger partial charge in [0.15, 0.2) is 0 Å². The fourth-order valence-electron chi connectivity index (χ4n) is 3.79. The number of benzene rings is 1. The first-order valence-electron chi connectivity index (χ1n) is 9.32. The summed E-state index contributed by atoms with van der Waals surface area (Å²) in [5, 5.41) is 6.38. The monoisotopic (exact) mass is 390 g/mol. The van der Waals surface area contributed by atoms with E-state index < -0.39 is 29.7 Å². The molecule has 2 aromatic rings. The topological polar surface area (TPSA) is 101 Å². The van der Waals surface area contributed by atoms with Gasteiger partial charge in [0.25, 0.3) is 11.8 Å². The van der Waals surface area contributed by atoms with Crippen LogP contribution in [0.1, 0.15) is 51.1 Å². The van der Waals surface area contributed by atoms with Crippen LogP contribution in [0.25, 0.3) is 0 Å². The molecule has 0 bridgehead atoms. The van der Waals surface area contributed by atoms with E-state index in [4.69, 9.17) is 6.42 Å². The number of nitrogens with one attached hydrogen (secondary N) is 1. The van der Waals surface area contributed by atoms with Gasteiger partial charge in [-0.25, -0.2) is 0 Å². The molecule has 0 radical (unpaired) electrons. The van der Waals surface area contributed by atoms with Crippen LogP contribution in [0.4, 0.5) is 0 Å². The first kappa shape index (κ1) is 18.6. The number of carbonyl (C=O) groups excluding carboxylic acids is 4. The molecular weight excluding hydrogens is 372 g/mol. The highest BCUT2D eigenvalue weighted by molar-refractivity contribution is 6.24. The Bertz CT molecular complexity index is 1080. The molecule has 1 fully saturated rings. The van der Waals surface area contributed by atoms with Crippen molar-refractivity contribution in [3.05, 3.63) is 52.8 Å². The molecule has 0 aliphatic carbocycles. The van der Waals surface area contributed by atoms with Gasteiger partial charge in [-0.1, -0.05) is 18.1 Å². The number of aromatic nitrogens is 2. The molecule has 0 saturated carbocycles. The van der Waals surface area contributed by atoms with Crippen LogP contribution in [0.15, 0.2) is 30.6 Å². The third-order valence-corrected chi connectivity index (χ3v) is 5.19. The zero-order valence-electron chi connectivity index (χ0n) is 15.6. The Kier molecular flexibility index (Phi) is 4.72. The van der Waals surface area contributed by atoms with Gasteiger partial charge in [-0.2, -0.15) is 5.10 Å². The number of aryl methyl sites for hydroxylation is 2. The van der Waals surface area contributed by atoms with Crippen LogP contribution in [0.3, 0.4) is 0 Å². The van der Waals surface area contributed by atoms with E-state index >= 15 is 0 Å². The minimum atomic E-state index is -0.959. The summed E-state index contributed by atoms with van der Waals surface area (Å²) in [6.07, 6.45) is 10.2. The van der Waals surface area contributed by atoms with Gasteiger partial charge < -0.3 is 0 Å². The molecular formula is C21H18N4O4. The summed E-state index contributed by atoms with van der Waals surface area (Å²) in [5.41, 5.74) is 2.09. The molecule has 4 rings (SSSR count). The zero-order chi connectivity index (χ0) is 20.5. The van der Waals surface area contributed by atoms with Crippen molar-refractivity contribution in [2.24, 2.45) is 0 Å². The number of imide groups is 2. The molecule has 1 aromatic heterocycles. The van der Waals surface area contributed by atoms with E-state index in [0.717, 1.165) is 10.5 Å². The summed E-state index contributed by atoms with van der Waals surface area (Å²) in [6, 6.07) is 4.18. The number of carbonyl (C=O) groups is 4. The summed E-state index contributed by atoms with van der Waals surface area (Å²) >= 11 is 0. The second kappa shape index (κ2) is 7.36. The van der Waals surface area contributed by atoms with Crippen molar-refractivity contribution in [3.8, 4) is 12.3 Å². The van der Waals surface area contributed by atoms with E-state index in [0.29, 0.717) is 36.1 Å². The lowest BCUT2D eigenvalue weighted by Crippen LogP contribution is -2.54. The maximum absolute atomic E-state index is 13.0. The van der Waals surface area contributed by atoms with Gasteiger partial charge >= 0.3 is 0 Å². The highest BCUT2D eigenvalue weighted by atomic mass is 16.2. The van der Waals surface area contributed by atoms with Gasteiger partial charge in [-0.3, -0.25) is 34.1 Å². The predicted octanol–water partition coefficient (Wildman–Crippen LogP) is 0.898. The maximum Gasteiger partial charge on any atom is 0.262 e. The second-order valence-corrected chi connectivity index (χ2v) is 7.03. The maximum atomic E-state index is 13.0. The van der Waals surface area contributed by atoms with E-state index in [1.54, 1.807) is 29.2 Å². The molecule has 2 aliphatic rings. The van der Waals surface area contributed by atoms with Crippen LogP contribution >= 0.6 is 0 Å². The summed E-state index contributed by atoms with van der Waals surface area (Å²) in [7, 11) is 0. The largest absolute Gasteiger partial charge is 0.295 e. The predicted molar refractivity (Wildman–Crippen MR) is 102 cm³/mol. The molecule has 8 nitrogen and oxygen atoms in total. The lowest BCUT2D eigenvalue weighted by Gasteiger charge is -2.27. The van der Waals surface area contributed by atoms with Crippen molar-refractivity contribution in [2.75, 3.05) is 0 Å². The summed E-state index contributed by atoms with van der Waals surface area (Å²) in [5.74, 6) is 0.537. The van der Waals surface area contributed by atoms with Gasteiger partial charge in [0.05, 0.1) is 22.9 Å². The smallest absolute Gasteiger partial charge is 0.262 e. The van der Waals surface area contributed by atoms with Gasteiger partial charge in [0, 0.05) is 19.2 Å². The van der Waals surface area contributed by atoms with Crippen LogP contribution in [0, 0.1) is 12.3 Å². The van der Waals surface area contributed by atoms with E-state index in [1.807, 2.05) is 6.07 Å². The van der Waals surface area contributed by atoms with E-state index in [-0.39, 0.29) is 12.8 Å². The van der Waals surface area contributed by atoms with E-state index in [9.17, 15) is 19.2 Å². The van der Waals surface area contributed by atoms with Crippen molar-refractivity contribution in [2.45, 2.75) is 38.3 Å². The van der Waals surface area contributed by atoms with Crippen molar-refractivity contribution in [3.63, 3.8) is 0 Å². The van der Waals surface area contributed by atoms with Crippen LogP contribution in [-0.4, -0.2) is 44.4 Å². The van der Waals surface area contributed by atoms with Crippen molar-refractivity contribution < 1.29 is 19.2 Å². The average molecular weight is 390 g/mol. The fourth-order valence-corrected chi connectivity index (χ4v) is 3.79. The fraction of sp³-hybridized carbons (Fsp3) is 0.286. The van der Waals surface area contributed by atoms with E-state index in [1.165, 1.54) is 0 Å². The van der Waals surface area contributed by atoms with E-state index in [2.05, 4.69) is 16.3 Å². The van der Waals surface area contributed by atoms with Crippen molar-refractivity contribution in [1.29, 1.82) is 0 Å². The molecule has 1 N–H and O–H groups in total. The Hall–Kier alpha value is -3.73. The minimum absolute atomic E-state index is 0.0974. The van der Waals surface area contributed by atoms with Crippen molar-refractivity contribution >= 4 is 23.6 Å². The number of hydrogen-bond donors (Lipinski definition) is 1. The Labute approximate surface area is 166 Å². The average Bonchev–Trinajstić information content (AvgIpc) is 3.26. The summed E-state index contributed by atoms with van der Waals surface area (Å²) < 4.78 is 1.74. The Balaban J connectivity index is 1.52. The molecule has 0 spiro atoms. The van der Waals surface area contributed by atoms with Gasteiger partial charge in [-0.05, 0) is 30.9 Å².